The Kier molecular flexibility index (Phi) is 13.7. The maximum Gasteiger partial charge on any atom is 0.315 e. The Morgan fingerprint density at radius 3 is 2.30 bits per heavy atom. The second-order valence-electron chi connectivity index (χ2n) is 6.59. The normalized spacial score (nSPS) is 19.0. The Labute approximate surface area is 162 Å². The topological polar surface area (TPSA) is 124 Å². The van der Waals surface area contributed by atoms with Gasteiger partial charge in [0.1, 0.15) is 0 Å². The summed E-state index contributed by atoms with van der Waals surface area (Å²) < 4.78 is 15.9. The standard InChI is InChI=1S/C18H36N4O5/c1-15-16(22-18(24)21-15)5-3-2-4-6-17(23)20-8-10-26-12-14-27-13-11-25-9-7-19/h15-16H,2-14,19H2,1H3,(H,20,23)(H2,21,22,24). The average molecular weight is 389 g/mol. The van der Waals surface area contributed by atoms with Gasteiger partial charge in [0.25, 0.3) is 0 Å². The summed E-state index contributed by atoms with van der Waals surface area (Å²) in [7, 11) is 0. The second kappa shape index (κ2) is 15.6. The number of carbonyl (C=O) groups is 2. The van der Waals surface area contributed by atoms with Crippen LogP contribution in [-0.4, -0.2) is 76.8 Å². The Bertz CT molecular complexity index is 411. The number of unbranched alkanes of at least 4 members (excludes halogenated alkanes) is 2. The lowest BCUT2D eigenvalue weighted by Crippen LogP contribution is -2.30. The fraction of sp³-hybridized carbons (Fsp3) is 0.889. The van der Waals surface area contributed by atoms with Gasteiger partial charge in [-0.05, 0) is 19.8 Å². The number of hydrogen-bond acceptors (Lipinski definition) is 6. The maximum absolute atomic E-state index is 11.7. The highest BCUT2D eigenvalue weighted by Gasteiger charge is 2.26. The van der Waals surface area contributed by atoms with E-state index in [0.717, 1.165) is 25.7 Å². The molecule has 1 fully saturated rings. The van der Waals surface area contributed by atoms with Crippen molar-refractivity contribution in [1.29, 1.82) is 0 Å². The van der Waals surface area contributed by atoms with Crippen LogP contribution in [0.15, 0.2) is 0 Å². The molecule has 1 aliphatic heterocycles. The molecule has 9 heteroatoms. The van der Waals surface area contributed by atoms with Gasteiger partial charge in [-0.15, -0.1) is 0 Å². The largest absolute Gasteiger partial charge is 0.378 e. The van der Waals surface area contributed by atoms with Gasteiger partial charge in [-0.1, -0.05) is 12.8 Å². The molecule has 1 aliphatic rings. The Morgan fingerprint density at radius 2 is 1.67 bits per heavy atom. The first-order valence-electron chi connectivity index (χ1n) is 9.90. The number of rotatable bonds is 17. The van der Waals surface area contributed by atoms with Gasteiger partial charge in [0.2, 0.25) is 5.91 Å². The molecule has 1 saturated heterocycles. The summed E-state index contributed by atoms with van der Waals surface area (Å²) in [6, 6.07) is 0.291. The van der Waals surface area contributed by atoms with Crippen LogP contribution < -0.4 is 21.7 Å². The van der Waals surface area contributed by atoms with E-state index in [1.54, 1.807) is 0 Å². The Balaban J connectivity index is 1.80. The van der Waals surface area contributed by atoms with Crippen LogP contribution in [0.25, 0.3) is 0 Å². The molecule has 5 N–H and O–H groups in total. The SMILES string of the molecule is CC1NC(=O)NC1CCCCCC(=O)NCCOCCOCCOCCN. The molecule has 0 aliphatic carbocycles. The summed E-state index contributed by atoms with van der Waals surface area (Å²) in [6.07, 6.45) is 4.31. The van der Waals surface area contributed by atoms with Gasteiger partial charge < -0.3 is 35.9 Å². The van der Waals surface area contributed by atoms with Gasteiger partial charge in [-0.25, -0.2) is 4.79 Å². The van der Waals surface area contributed by atoms with Gasteiger partial charge in [0.05, 0.1) is 45.7 Å². The molecule has 0 spiro atoms. The maximum atomic E-state index is 11.7. The number of amides is 3. The van der Waals surface area contributed by atoms with E-state index >= 15 is 0 Å². The van der Waals surface area contributed by atoms with Gasteiger partial charge in [0.15, 0.2) is 0 Å². The minimum Gasteiger partial charge on any atom is -0.378 e. The van der Waals surface area contributed by atoms with E-state index in [1.807, 2.05) is 6.92 Å². The summed E-state index contributed by atoms with van der Waals surface area (Å²) in [5.74, 6) is 0.0520. The average Bonchev–Trinajstić information content (AvgIpc) is 2.96. The molecule has 0 aromatic carbocycles. The van der Waals surface area contributed by atoms with E-state index in [0.29, 0.717) is 59.2 Å². The van der Waals surface area contributed by atoms with Gasteiger partial charge in [0, 0.05) is 25.6 Å². The van der Waals surface area contributed by atoms with Crippen LogP contribution in [0.1, 0.15) is 39.0 Å². The minimum absolute atomic E-state index is 0.0520. The van der Waals surface area contributed by atoms with Crippen LogP contribution in [0, 0.1) is 0 Å². The van der Waals surface area contributed by atoms with E-state index < -0.39 is 0 Å². The first-order valence-corrected chi connectivity index (χ1v) is 9.90. The molecule has 1 rings (SSSR count). The highest BCUT2D eigenvalue weighted by molar-refractivity contribution is 5.77. The molecule has 1 heterocycles. The summed E-state index contributed by atoms with van der Waals surface area (Å²) in [6.45, 7) is 6.14. The van der Waals surface area contributed by atoms with Crippen molar-refractivity contribution >= 4 is 11.9 Å². The van der Waals surface area contributed by atoms with Crippen LogP contribution in [-0.2, 0) is 19.0 Å². The zero-order chi connectivity index (χ0) is 19.7. The van der Waals surface area contributed by atoms with Crippen LogP contribution in [0.5, 0.6) is 0 Å². The molecule has 0 bridgehead atoms. The van der Waals surface area contributed by atoms with Crippen molar-refractivity contribution in [3.05, 3.63) is 0 Å². The molecular weight excluding hydrogens is 352 g/mol. The molecule has 9 nitrogen and oxygen atoms in total. The molecule has 0 aromatic heterocycles. The zero-order valence-corrected chi connectivity index (χ0v) is 16.5. The lowest BCUT2D eigenvalue weighted by Gasteiger charge is -2.13. The van der Waals surface area contributed by atoms with E-state index in [-0.39, 0.29) is 24.0 Å². The van der Waals surface area contributed by atoms with Gasteiger partial charge >= 0.3 is 6.03 Å². The number of nitrogens with two attached hydrogens (primary N) is 1. The molecular formula is C18H36N4O5. The lowest BCUT2D eigenvalue weighted by atomic mass is 10.0. The van der Waals surface area contributed by atoms with E-state index in [2.05, 4.69) is 16.0 Å². The molecule has 0 saturated carbocycles. The van der Waals surface area contributed by atoms with Crippen LogP contribution in [0.4, 0.5) is 4.79 Å². The number of urea groups is 1. The molecule has 2 atom stereocenters. The fourth-order valence-corrected chi connectivity index (χ4v) is 2.77. The van der Waals surface area contributed by atoms with Gasteiger partial charge in [-0.3, -0.25) is 4.79 Å². The molecule has 158 valence electrons. The number of hydrogen-bond donors (Lipinski definition) is 4. The number of ether oxygens (including phenoxy) is 3. The number of carbonyl (C=O) groups excluding carboxylic acids is 2. The summed E-state index contributed by atoms with van der Waals surface area (Å²) in [4.78, 5) is 22.9. The molecule has 27 heavy (non-hydrogen) atoms. The van der Waals surface area contributed by atoms with Crippen LogP contribution in [0.2, 0.25) is 0 Å². The summed E-state index contributed by atoms with van der Waals surface area (Å²) in [5.41, 5.74) is 5.30. The van der Waals surface area contributed by atoms with E-state index in [4.69, 9.17) is 19.9 Å². The van der Waals surface area contributed by atoms with Crippen LogP contribution >= 0.6 is 0 Å². The van der Waals surface area contributed by atoms with Crippen molar-refractivity contribution in [3.8, 4) is 0 Å². The molecule has 2 unspecified atom stereocenters. The first-order chi connectivity index (χ1) is 13.1. The third-order valence-corrected chi connectivity index (χ3v) is 4.27. The van der Waals surface area contributed by atoms with Crippen molar-refractivity contribution in [2.24, 2.45) is 5.73 Å². The van der Waals surface area contributed by atoms with E-state index in [1.165, 1.54) is 0 Å². The third kappa shape index (κ3) is 12.6. The monoisotopic (exact) mass is 388 g/mol. The number of nitrogens with one attached hydrogen (secondary N) is 3. The first kappa shape index (κ1) is 23.6. The Morgan fingerprint density at radius 1 is 1.00 bits per heavy atom. The fourth-order valence-electron chi connectivity index (χ4n) is 2.77. The van der Waals surface area contributed by atoms with E-state index in [9.17, 15) is 9.59 Å². The van der Waals surface area contributed by atoms with Crippen LogP contribution in [0.3, 0.4) is 0 Å². The zero-order valence-electron chi connectivity index (χ0n) is 16.5. The van der Waals surface area contributed by atoms with Crippen molar-refractivity contribution in [2.45, 2.75) is 51.1 Å². The second-order valence-corrected chi connectivity index (χ2v) is 6.59. The third-order valence-electron chi connectivity index (χ3n) is 4.27. The highest BCUT2D eigenvalue weighted by Crippen LogP contribution is 2.11. The Hall–Kier alpha value is -1.42. The molecule has 0 aromatic rings. The predicted molar refractivity (Wildman–Crippen MR) is 103 cm³/mol. The molecule has 0 radical (unpaired) electrons. The minimum atomic E-state index is -0.0859. The predicted octanol–water partition coefficient (Wildman–Crippen LogP) is 0.132. The van der Waals surface area contributed by atoms with Crippen molar-refractivity contribution < 1.29 is 23.8 Å². The smallest absolute Gasteiger partial charge is 0.315 e. The highest BCUT2D eigenvalue weighted by atomic mass is 16.5. The van der Waals surface area contributed by atoms with Crippen molar-refractivity contribution in [1.82, 2.24) is 16.0 Å². The van der Waals surface area contributed by atoms with Crippen molar-refractivity contribution in [3.63, 3.8) is 0 Å². The summed E-state index contributed by atoms with van der Waals surface area (Å²) in [5, 5.41) is 8.59. The van der Waals surface area contributed by atoms with Gasteiger partial charge in [-0.2, -0.15) is 0 Å². The molecule has 3 amide bonds. The quantitative estimate of drug-likeness (QED) is 0.263. The lowest BCUT2D eigenvalue weighted by molar-refractivity contribution is -0.121. The summed E-state index contributed by atoms with van der Waals surface area (Å²) >= 11 is 0. The van der Waals surface area contributed by atoms with Crippen molar-refractivity contribution in [2.75, 3.05) is 52.7 Å².